The molecule has 2 N–H and O–H groups in total. The van der Waals surface area contributed by atoms with E-state index in [4.69, 9.17) is 4.42 Å². The molecule has 2 heterocycles. The van der Waals surface area contributed by atoms with E-state index in [0.717, 1.165) is 36.7 Å². The minimum Gasteiger partial charge on any atom is -0.466 e. The summed E-state index contributed by atoms with van der Waals surface area (Å²) in [6.45, 7) is 7.15. The number of H-pyrrole nitrogens is 1. The van der Waals surface area contributed by atoms with Crippen LogP contribution in [-0.2, 0) is 6.42 Å². The lowest BCUT2D eigenvalue weighted by molar-refractivity contribution is 0.488. The van der Waals surface area contributed by atoms with Gasteiger partial charge in [-0.15, -0.1) is 0 Å². The second kappa shape index (κ2) is 5.87. The van der Waals surface area contributed by atoms with Crippen molar-refractivity contribution in [1.29, 1.82) is 0 Å². The summed E-state index contributed by atoms with van der Waals surface area (Å²) in [4.78, 5) is 7.33. The molecule has 2 aromatic heterocycles. The van der Waals surface area contributed by atoms with Gasteiger partial charge in [-0.05, 0) is 39.8 Å². The molecule has 2 aromatic rings. The summed E-state index contributed by atoms with van der Waals surface area (Å²) in [5.74, 6) is 3.05. The van der Waals surface area contributed by atoms with E-state index in [9.17, 15) is 0 Å². The number of aromatic nitrogens is 2. The SMILES string of the molecule is Cc1cc(C(C)NCCCc2ncc[nH]2)c(C)o1. The van der Waals surface area contributed by atoms with Gasteiger partial charge in [-0.3, -0.25) is 0 Å². The molecule has 0 aromatic carbocycles. The van der Waals surface area contributed by atoms with Crippen LogP contribution in [-0.4, -0.2) is 16.5 Å². The minimum atomic E-state index is 0.332. The number of furan rings is 1. The van der Waals surface area contributed by atoms with Crippen LogP contribution in [0.4, 0.5) is 0 Å². The van der Waals surface area contributed by atoms with Crippen LogP contribution in [0.15, 0.2) is 22.9 Å². The molecule has 0 aliphatic rings. The van der Waals surface area contributed by atoms with E-state index in [-0.39, 0.29) is 0 Å². The lowest BCUT2D eigenvalue weighted by Crippen LogP contribution is -2.20. The molecule has 4 nitrogen and oxygen atoms in total. The van der Waals surface area contributed by atoms with Crippen LogP contribution in [0.25, 0.3) is 0 Å². The zero-order valence-electron chi connectivity index (χ0n) is 11.3. The maximum atomic E-state index is 5.55. The number of imidazole rings is 1. The smallest absolute Gasteiger partial charge is 0.106 e. The van der Waals surface area contributed by atoms with Crippen molar-refractivity contribution in [1.82, 2.24) is 15.3 Å². The normalized spacial score (nSPS) is 12.8. The van der Waals surface area contributed by atoms with Crippen LogP contribution >= 0.6 is 0 Å². The highest BCUT2D eigenvalue weighted by Gasteiger charge is 2.11. The maximum absolute atomic E-state index is 5.55. The van der Waals surface area contributed by atoms with Crippen molar-refractivity contribution in [3.05, 3.63) is 41.4 Å². The average molecular weight is 247 g/mol. The third-order valence-electron chi connectivity index (χ3n) is 3.14. The quantitative estimate of drug-likeness (QED) is 0.772. The number of nitrogens with zero attached hydrogens (tertiary/aromatic N) is 1. The lowest BCUT2D eigenvalue weighted by Gasteiger charge is -2.12. The summed E-state index contributed by atoms with van der Waals surface area (Å²) >= 11 is 0. The molecule has 2 rings (SSSR count). The van der Waals surface area contributed by atoms with Gasteiger partial charge in [-0.2, -0.15) is 0 Å². The first kappa shape index (κ1) is 12.9. The molecule has 1 unspecified atom stereocenters. The topological polar surface area (TPSA) is 53.9 Å². The van der Waals surface area contributed by atoms with Gasteiger partial charge in [0.15, 0.2) is 0 Å². The van der Waals surface area contributed by atoms with E-state index in [2.05, 4.69) is 28.3 Å². The molecule has 98 valence electrons. The fourth-order valence-corrected chi connectivity index (χ4v) is 2.20. The predicted molar refractivity (Wildman–Crippen MR) is 71.5 cm³/mol. The molecular formula is C14H21N3O. The number of hydrogen-bond donors (Lipinski definition) is 2. The molecule has 0 aliphatic carbocycles. The van der Waals surface area contributed by atoms with Crippen molar-refractivity contribution >= 4 is 0 Å². The number of hydrogen-bond acceptors (Lipinski definition) is 3. The van der Waals surface area contributed by atoms with Crippen LogP contribution in [0.3, 0.4) is 0 Å². The molecule has 0 saturated carbocycles. The number of aromatic amines is 1. The van der Waals surface area contributed by atoms with Crippen molar-refractivity contribution < 1.29 is 4.42 Å². The molecule has 18 heavy (non-hydrogen) atoms. The summed E-state index contributed by atoms with van der Waals surface area (Å²) in [7, 11) is 0. The van der Waals surface area contributed by atoms with E-state index < -0.39 is 0 Å². The molecule has 4 heteroatoms. The molecular weight excluding hydrogens is 226 g/mol. The van der Waals surface area contributed by atoms with Gasteiger partial charge < -0.3 is 14.7 Å². The Kier molecular flexibility index (Phi) is 4.20. The summed E-state index contributed by atoms with van der Waals surface area (Å²) in [5.41, 5.74) is 1.26. The summed E-state index contributed by atoms with van der Waals surface area (Å²) in [6, 6.07) is 2.44. The van der Waals surface area contributed by atoms with Crippen LogP contribution < -0.4 is 5.32 Å². The van der Waals surface area contributed by atoms with Crippen molar-refractivity contribution in [2.24, 2.45) is 0 Å². The van der Waals surface area contributed by atoms with Gasteiger partial charge in [0.05, 0.1) is 0 Å². The first-order valence-corrected chi connectivity index (χ1v) is 6.45. The van der Waals surface area contributed by atoms with Gasteiger partial charge in [0, 0.05) is 30.4 Å². The highest BCUT2D eigenvalue weighted by atomic mass is 16.3. The van der Waals surface area contributed by atoms with Crippen molar-refractivity contribution in [2.75, 3.05) is 6.54 Å². The van der Waals surface area contributed by atoms with Gasteiger partial charge in [0.1, 0.15) is 17.3 Å². The predicted octanol–water partition coefficient (Wildman–Crippen LogP) is 2.90. The first-order chi connectivity index (χ1) is 8.66. The molecule has 0 fully saturated rings. The fraction of sp³-hybridized carbons (Fsp3) is 0.500. The Balaban J connectivity index is 1.75. The van der Waals surface area contributed by atoms with Crippen molar-refractivity contribution in [3.8, 4) is 0 Å². The monoisotopic (exact) mass is 247 g/mol. The zero-order chi connectivity index (χ0) is 13.0. The lowest BCUT2D eigenvalue weighted by atomic mass is 10.1. The van der Waals surface area contributed by atoms with Crippen molar-refractivity contribution in [2.45, 2.75) is 39.7 Å². The molecule has 0 amide bonds. The van der Waals surface area contributed by atoms with E-state index in [1.807, 2.05) is 20.0 Å². The van der Waals surface area contributed by atoms with Gasteiger partial charge in [-0.25, -0.2) is 4.98 Å². The Hall–Kier alpha value is -1.55. The minimum absolute atomic E-state index is 0.332. The Labute approximate surface area is 108 Å². The second-order valence-electron chi connectivity index (χ2n) is 4.68. The molecule has 0 spiro atoms. The molecule has 0 radical (unpaired) electrons. The van der Waals surface area contributed by atoms with Gasteiger partial charge in [-0.1, -0.05) is 0 Å². The van der Waals surface area contributed by atoms with E-state index in [1.54, 1.807) is 6.20 Å². The maximum Gasteiger partial charge on any atom is 0.106 e. The summed E-state index contributed by atoms with van der Waals surface area (Å²) in [5, 5.41) is 3.51. The highest BCUT2D eigenvalue weighted by Crippen LogP contribution is 2.20. The van der Waals surface area contributed by atoms with Crippen LogP contribution in [0.2, 0.25) is 0 Å². The van der Waals surface area contributed by atoms with E-state index in [0.29, 0.717) is 6.04 Å². The summed E-state index contributed by atoms with van der Waals surface area (Å²) < 4.78 is 5.55. The van der Waals surface area contributed by atoms with Crippen LogP contribution in [0.5, 0.6) is 0 Å². The Morgan fingerprint density at radius 2 is 2.28 bits per heavy atom. The van der Waals surface area contributed by atoms with E-state index in [1.165, 1.54) is 5.56 Å². The third kappa shape index (κ3) is 3.23. The average Bonchev–Trinajstić information content (AvgIpc) is 2.94. The molecule has 1 atom stereocenters. The number of rotatable bonds is 6. The van der Waals surface area contributed by atoms with Gasteiger partial charge >= 0.3 is 0 Å². The highest BCUT2D eigenvalue weighted by molar-refractivity contribution is 5.23. The fourth-order valence-electron chi connectivity index (χ4n) is 2.20. The largest absolute Gasteiger partial charge is 0.466 e. The van der Waals surface area contributed by atoms with Gasteiger partial charge in [0.2, 0.25) is 0 Å². The molecule has 0 saturated heterocycles. The summed E-state index contributed by atoms with van der Waals surface area (Å²) in [6.07, 6.45) is 5.72. The number of nitrogens with one attached hydrogen (secondary N) is 2. The number of aryl methyl sites for hydroxylation is 3. The Morgan fingerprint density at radius 3 is 2.89 bits per heavy atom. The van der Waals surface area contributed by atoms with E-state index >= 15 is 0 Å². The van der Waals surface area contributed by atoms with Crippen LogP contribution in [0.1, 0.15) is 42.3 Å². The Morgan fingerprint density at radius 1 is 1.44 bits per heavy atom. The third-order valence-corrected chi connectivity index (χ3v) is 3.14. The second-order valence-corrected chi connectivity index (χ2v) is 4.68. The Bertz CT molecular complexity index is 473. The zero-order valence-corrected chi connectivity index (χ0v) is 11.3. The van der Waals surface area contributed by atoms with Crippen molar-refractivity contribution in [3.63, 3.8) is 0 Å². The molecule has 0 aliphatic heterocycles. The van der Waals surface area contributed by atoms with Gasteiger partial charge in [0.25, 0.3) is 0 Å². The van der Waals surface area contributed by atoms with Crippen LogP contribution in [0, 0.1) is 13.8 Å². The standard InChI is InChI=1S/C14H21N3O/c1-10-9-13(12(3)18-10)11(2)15-6-4-5-14-16-7-8-17-14/h7-9,11,15H,4-6H2,1-3H3,(H,16,17). The first-order valence-electron chi connectivity index (χ1n) is 6.45. The molecule has 0 bridgehead atoms.